The minimum Gasteiger partial charge on any atom is -0.379 e. The molecule has 0 bridgehead atoms. The first-order valence-electron chi connectivity index (χ1n) is 25.8. The summed E-state index contributed by atoms with van der Waals surface area (Å²) in [6, 6.07) is 35.4. The number of benzene rings is 3. The molecule has 7 nitrogen and oxygen atoms in total. The van der Waals surface area contributed by atoms with Crippen molar-refractivity contribution in [3.63, 3.8) is 0 Å². The molecule has 67 heavy (non-hydrogen) atoms. The number of morpholine rings is 1. The van der Waals surface area contributed by atoms with Crippen LogP contribution in [0.25, 0.3) is 0 Å². The van der Waals surface area contributed by atoms with Crippen molar-refractivity contribution in [2.45, 2.75) is 138 Å². The third-order valence-corrected chi connectivity index (χ3v) is 13.0. The van der Waals surface area contributed by atoms with Gasteiger partial charge >= 0.3 is 0 Å². The Morgan fingerprint density at radius 1 is 0.388 bits per heavy atom. The molecule has 8 rings (SSSR count). The summed E-state index contributed by atoms with van der Waals surface area (Å²) in [5.74, 6) is 3.11. The molecule has 366 valence electrons. The van der Waals surface area contributed by atoms with E-state index in [1.165, 1.54) is 103 Å². The first kappa shape index (κ1) is 55.4. The number of nitrogens with zero attached hydrogens (tertiary/aromatic N) is 6. The molecule has 3 aliphatic rings. The molecule has 5 heterocycles. The third kappa shape index (κ3) is 22.2. The molecule has 3 fully saturated rings. The van der Waals surface area contributed by atoms with Gasteiger partial charge in [0.25, 0.3) is 0 Å². The van der Waals surface area contributed by atoms with Crippen LogP contribution in [0, 0.1) is 0 Å². The van der Waals surface area contributed by atoms with Crippen molar-refractivity contribution in [1.82, 2.24) is 29.6 Å². The van der Waals surface area contributed by atoms with Gasteiger partial charge in [-0.1, -0.05) is 155 Å². The second-order valence-corrected chi connectivity index (χ2v) is 20.4. The molecule has 7 heteroatoms. The van der Waals surface area contributed by atoms with Gasteiger partial charge in [0.05, 0.1) is 13.2 Å². The maximum atomic E-state index is 5.35. The summed E-state index contributed by atoms with van der Waals surface area (Å²) in [6.07, 6.45) is 11.5. The number of aromatic nitrogens is 2. The SMILES string of the molecule is CC(C)c1ccc(CN2CCCCC2)cc1.CC(C)c1ccc(CN2CCN(C)CC2)cc1.CC(C)c1ccc(CN2CCOCC2)cc1.CC(C)c1cccnc1.CC(C)c1ccncc1. The molecule has 3 saturated heterocycles. The molecule has 0 spiro atoms. The Morgan fingerprint density at radius 3 is 1.10 bits per heavy atom. The van der Waals surface area contributed by atoms with Crippen molar-refractivity contribution >= 4 is 0 Å². The number of rotatable bonds is 11. The van der Waals surface area contributed by atoms with Crippen molar-refractivity contribution in [3.05, 3.63) is 166 Å². The van der Waals surface area contributed by atoms with Crippen LogP contribution in [0.5, 0.6) is 0 Å². The predicted molar refractivity (Wildman–Crippen MR) is 286 cm³/mol. The lowest BCUT2D eigenvalue weighted by Gasteiger charge is -2.32. The van der Waals surface area contributed by atoms with Crippen LogP contribution in [0.2, 0.25) is 0 Å². The quantitative estimate of drug-likeness (QED) is 0.131. The predicted octanol–water partition coefficient (Wildman–Crippen LogP) is 13.4. The highest BCUT2D eigenvalue weighted by molar-refractivity contribution is 5.26. The zero-order chi connectivity index (χ0) is 48.4. The van der Waals surface area contributed by atoms with E-state index in [-0.39, 0.29) is 0 Å². The summed E-state index contributed by atoms with van der Waals surface area (Å²) in [6.45, 7) is 36.7. The summed E-state index contributed by atoms with van der Waals surface area (Å²) < 4.78 is 5.35. The minimum atomic E-state index is 0.596. The van der Waals surface area contributed by atoms with Gasteiger partial charge < -0.3 is 9.64 Å². The molecule has 0 amide bonds. The normalized spacial score (nSPS) is 16.1. The summed E-state index contributed by atoms with van der Waals surface area (Å²) in [5, 5.41) is 0. The van der Waals surface area contributed by atoms with Gasteiger partial charge in [0, 0.05) is 83.7 Å². The number of hydrogen-bond acceptors (Lipinski definition) is 7. The highest BCUT2D eigenvalue weighted by Crippen LogP contribution is 2.20. The fourth-order valence-corrected chi connectivity index (χ4v) is 8.15. The second-order valence-electron chi connectivity index (χ2n) is 20.4. The van der Waals surface area contributed by atoms with E-state index in [2.05, 4.69) is 185 Å². The Labute approximate surface area is 409 Å². The zero-order valence-corrected chi connectivity index (χ0v) is 43.8. The van der Waals surface area contributed by atoms with Crippen LogP contribution in [-0.4, -0.2) is 102 Å². The number of ether oxygens (including phenoxy) is 1. The second kappa shape index (κ2) is 31.0. The lowest BCUT2D eigenvalue weighted by molar-refractivity contribution is 0.0342. The van der Waals surface area contributed by atoms with E-state index in [4.69, 9.17) is 4.74 Å². The highest BCUT2D eigenvalue weighted by atomic mass is 16.5. The van der Waals surface area contributed by atoms with E-state index in [9.17, 15) is 0 Å². The molecule has 0 atom stereocenters. The average molecular weight is 911 g/mol. The fourth-order valence-electron chi connectivity index (χ4n) is 8.15. The molecular formula is C60H90N6O. The Bertz CT molecular complexity index is 1850. The Morgan fingerprint density at radius 2 is 0.761 bits per heavy atom. The summed E-state index contributed by atoms with van der Waals surface area (Å²) in [7, 11) is 2.20. The van der Waals surface area contributed by atoms with Gasteiger partial charge in [-0.15, -0.1) is 0 Å². The van der Waals surface area contributed by atoms with E-state index < -0.39 is 0 Å². The largest absolute Gasteiger partial charge is 0.379 e. The standard InChI is InChI=1S/C15H24N2.C15H23N.C14H21NO.2C8H11N/c1-13(2)15-6-4-14(5-7-15)12-17-10-8-16(3)9-11-17;1-13(2)15-8-6-14(7-9-15)12-16-10-4-3-5-11-16;1-12(2)14-5-3-13(4-6-14)11-15-7-9-16-10-8-15;1-7(2)8-3-5-9-6-4-8;1-7(2)8-4-3-5-9-6-8/h4-7,13H,8-12H2,1-3H3;6-9,13H,3-5,10-12H2,1-2H3;3-6,12H,7-11H2,1-2H3;2*3-7H,1-2H3. The van der Waals surface area contributed by atoms with E-state index in [0.717, 1.165) is 45.9 Å². The molecule has 0 unspecified atom stereocenters. The fraction of sp³-hybridized carbons (Fsp3) is 0.533. The van der Waals surface area contributed by atoms with E-state index in [1.807, 2.05) is 36.8 Å². The summed E-state index contributed by atoms with van der Waals surface area (Å²) in [4.78, 5) is 17.9. The molecule has 0 aliphatic carbocycles. The van der Waals surface area contributed by atoms with Gasteiger partial charge in [0.2, 0.25) is 0 Å². The smallest absolute Gasteiger partial charge is 0.0594 e. The number of hydrogen-bond donors (Lipinski definition) is 0. The van der Waals surface area contributed by atoms with Crippen LogP contribution in [0.4, 0.5) is 0 Å². The maximum Gasteiger partial charge on any atom is 0.0594 e. The van der Waals surface area contributed by atoms with Crippen molar-refractivity contribution in [2.24, 2.45) is 0 Å². The molecule has 0 saturated carbocycles. The van der Waals surface area contributed by atoms with Crippen LogP contribution in [0.1, 0.15) is 163 Å². The highest BCUT2D eigenvalue weighted by Gasteiger charge is 2.14. The van der Waals surface area contributed by atoms with Crippen LogP contribution in [0.15, 0.2) is 122 Å². The Hall–Kier alpha value is -4.24. The van der Waals surface area contributed by atoms with Gasteiger partial charge in [-0.25, -0.2) is 0 Å². The monoisotopic (exact) mass is 911 g/mol. The van der Waals surface area contributed by atoms with Crippen molar-refractivity contribution in [2.75, 3.05) is 72.6 Å². The molecule has 0 radical (unpaired) electrons. The van der Waals surface area contributed by atoms with Gasteiger partial charge in [-0.05, 0) is 125 Å². The maximum absolute atomic E-state index is 5.35. The summed E-state index contributed by atoms with van der Waals surface area (Å²) >= 11 is 0. The van der Waals surface area contributed by atoms with Gasteiger partial charge in [-0.2, -0.15) is 0 Å². The molecule has 3 aliphatic heterocycles. The molecule has 2 aromatic heterocycles. The van der Waals surface area contributed by atoms with Crippen molar-refractivity contribution in [1.29, 1.82) is 0 Å². The number of likely N-dealkylation sites (tertiary alicyclic amines) is 1. The van der Waals surface area contributed by atoms with Crippen LogP contribution in [-0.2, 0) is 24.4 Å². The van der Waals surface area contributed by atoms with Crippen molar-refractivity contribution in [3.8, 4) is 0 Å². The van der Waals surface area contributed by atoms with E-state index >= 15 is 0 Å². The zero-order valence-electron chi connectivity index (χ0n) is 43.8. The lowest BCUT2D eigenvalue weighted by Crippen LogP contribution is -2.43. The molecule has 0 N–H and O–H groups in total. The van der Waals surface area contributed by atoms with E-state index in [1.54, 1.807) is 6.20 Å². The minimum absolute atomic E-state index is 0.596. The van der Waals surface area contributed by atoms with E-state index in [0.29, 0.717) is 29.6 Å². The van der Waals surface area contributed by atoms with Crippen LogP contribution >= 0.6 is 0 Å². The topological polar surface area (TPSA) is 48.0 Å². The number of likely N-dealkylation sites (N-methyl/N-ethyl adjacent to an activating group) is 1. The molecule has 3 aromatic carbocycles. The van der Waals surface area contributed by atoms with Gasteiger partial charge in [0.15, 0.2) is 0 Å². The number of pyridine rings is 2. The first-order chi connectivity index (χ1) is 32.3. The van der Waals surface area contributed by atoms with Crippen LogP contribution < -0.4 is 0 Å². The Kier molecular flexibility index (Phi) is 25.6. The average Bonchev–Trinajstić information content (AvgIpc) is 3.35. The Balaban J connectivity index is 0.000000187. The van der Waals surface area contributed by atoms with Gasteiger partial charge in [0.1, 0.15) is 0 Å². The summed E-state index contributed by atoms with van der Waals surface area (Å²) in [5.41, 5.74) is 11.3. The lowest BCUT2D eigenvalue weighted by atomic mass is 10.0. The molecule has 5 aromatic rings. The van der Waals surface area contributed by atoms with Gasteiger partial charge in [-0.3, -0.25) is 24.7 Å². The third-order valence-electron chi connectivity index (χ3n) is 13.0. The van der Waals surface area contributed by atoms with Crippen LogP contribution in [0.3, 0.4) is 0 Å². The number of piperidine rings is 1. The molecular weight excluding hydrogens is 821 g/mol. The number of piperazine rings is 1. The first-order valence-corrected chi connectivity index (χ1v) is 25.8. The van der Waals surface area contributed by atoms with Crippen molar-refractivity contribution < 1.29 is 4.74 Å².